The molecule has 1 atom stereocenters. The second-order valence-corrected chi connectivity index (χ2v) is 9.15. The summed E-state index contributed by atoms with van der Waals surface area (Å²) in [5.74, 6) is -0.396. The number of carbonyl (C=O) groups excluding carboxylic acids is 1. The topological polar surface area (TPSA) is 66.5 Å². The Hall–Kier alpha value is -1.89. The van der Waals surface area contributed by atoms with Crippen LogP contribution in [0.5, 0.6) is 0 Å². The third kappa shape index (κ3) is 4.69. The summed E-state index contributed by atoms with van der Waals surface area (Å²) >= 11 is 6.40. The summed E-state index contributed by atoms with van der Waals surface area (Å²) in [6, 6.07) is 13.9. The quantitative estimate of drug-likeness (QED) is 0.799. The lowest BCUT2D eigenvalue weighted by Crippen LogP contribution is -2.37. The average Bonchev–Trinajstić information content (AvgIpc) is 3.17. The van der Waals surface area contributed by atoms with E-state index in [1.54, 1.807) is 12.1 Å². The number of halogens is 1. The molecule has 3 rings (SSSR count). The molecule has 7 heteroatoms. The minimum Gasteiger partial charge on any atom is -0.350 e. The number of sulfone groups is 1. The molecule has 1 unspecified atom stereocenters. The highest BCUT2D eigenvalue weighted by atomic mass is 35.5. The van der Waals surface area contributed by atoms with Crippen LogP contribution < -0.4 is 5.32 Å². The van der Waals surface area contributed by atoms with E-state index in [9.17, 15) is 13.2 Å². The number of hydrogen-bond acceptors (Lipinski definition) is 4. The van der Waals surface area contributed by atoms with Crippen LogP contribution in [0.1, 0.15) is 34.8 Å². The van der Waals surface area contributed by atoms with Crippen LogP contribution in [-0.4, -0.2) is 45.1 Å². The van der Waals surface area contributed by atoms with Gasteiger partial charge < -0.3 is 5.32 Å². The maximum Gasteiger partial charge on any atom is 0.252 e. The van der Waals surface area contributed by atoms with Gasteiger partial charge in [0, 0.05) is 17.8 Å². The first-order chi connectivity index (χ1) is 12.9. The zero-order chi connectivity index (χ0) is 19.4. The molecule has 1 amide bonds. The molecule has 2 aromatic carbocycles. The van der Waals surface area contributed by atoms with Gasteiger partial charge in [-0.15, -0.1) is 0 Å². The molecule has 0 spiro atoms. The molecule has 0 bridgehead atoms. The first kappa shape index (κ1) is 19.9. The molecule has 2 aromatic rings. The van der Waals surface area contributed by atoms with Crippen molar-refractivity contribution in [2.24, 2.45) is 0 Å². The normalized spacial score (nSPS) is 16.2. The predicted octanol–water partition coefficient (Wildman–Crippen LogP) is 3.31. The number of benzene rings is 2. The molecule has 0 aromatic heterocycles. The van der Waals surface area contributed by atoms with E-state index in [0.29, 0.717) is 11.6 Å². The number of likely N-dealkylation sites (tertiary alicyclic amines) is 1. The van der Waals surface area contributed by atoms with E-state index in [0.717, 1.165) is 37.8 Å². The van der Waals surface area contributed by atoms with Crippen molar-refractivity contribution >= 4 is 27.3 Å². The van der Waals surface area contributed by atoms with Crippen molar-refractivity contribution in [2.75, 3.05) is 25.9 Å². The Bertz CT molecular complexity index is 924. The van der Waals surface area contributed by atoms with Crippen LogP contribution in [-0.2, 0) is 9.84 Å². The van der Waals surface area contributed by atoms with E-state index >= 15 is 0 Å². The Kier molecular flexibility index (Phi) is 6.19. The van der Waals surface area contributed by atoms with Crippen molar-refractivity contribution in [3.05, 3.63) is 64.7 Å². The fourth-order valence-corrected chi connectivity index (χ4v) is 4.64. The second-order valence-electron chi connectivity index (χ2n) is 6.76. The third-order valence-corrected chi connectivity index (χ3v) is 6.33. The van der Waals surface area contributed by atoms with Gasteiger partial charge in [0.15, 0.2) is 9.84 Å². The zero-order valence-electron chi connectivity index (χ0n) is 15.2. The van der Waals surface area contributed by atoms with Gasteiger partial charge in [-0.25, -0.2) is 8.42 Å². The van der Waals surface area contributed by atoms with Crippen LogP contribution in [0.4, 0.5) is 0 Å². The van der Waals surface area contributed by atoms with Crippen molar-refractivity contribution < 1.29 is 13.2 Å². The molecule has 1 saturated heterocycles. The van der Waals surface area contributed by atoms with Crippen LogP contribution >= 0.6 is 11.6 Å². The summed E-state index contributed by atoms with van der Waals surface area (Å²) in [4.78, 5) is 15.1. The molecule has 1 aliphatic rings. The highest BCUT2D eigenvalue weighted by Crippen LogP contribution is 2.30. The monoisotopic (exact) mass is 406 g/mol. The first-order valence-electron chi connectivity index (χ1n) is 8.93. The van der Waals surface area contributed by atoms with Gasteiger partial charge in [-0.3, -0.25) is 9.69 Å². The lowest BCUT2D eigenvalue weighted by atomic mass is 10.0. The molecular weight excluding hydrogens is 384 g/mol. The number of amides is 1. The molecule has 0 radical (unpaired) electrons. The highest BCUT2D eigenvalue weighted by Gasteiger charge is 2.26. The van der Waals surface area contributed by atoms with Crippen molar-refractivity contribution in [1.29, 1.82) is 0 Å². The average molecular weight is 407 g/mol. The van der Waals surface area contributed by atoms with Crippen molar-refractivity contribution in [2.45, 2.75) is 23.8 Å². The minimum atomic E-state index is -3.48. The Morgan fingerprint density at radius 3 is 2.41 bits per heavy atom. The SMILES string of the molecule is CS(=O)(=O)c1ccccc1C(=O)NCC(c1ccccc1Cl)N1CCCC1. The van der Waals surface area contributed by atoms with Crippen molar-refractivity contribution in [3.63, 3.8) is 0 Å². The van der Waals surface area contributed by atoms with Gasteiger partial charge in [-0.2, -0.15) is 0 Å². The maximum absolute atomic E-state index is 12.7. The fraction of sp³-hybridized carbons (Fsp3) is 0.350. The van der Waals surface area contributed by atoms with Gasteiger partial charge >= 0.3 is 0 Å². The number of hydrogen-bond donors (Lipinski definition) is 1. The number of rotatable bonds is 6. The van der Waals surface area contributed by atoms with Gasteiger partial charge in [-0.05, 0) is 49.7 Å². The van der Waals surface area contributed by atoms with E-state index in [1.165, 1.54) is 12.1 Å². The molecule has 0 aliphatic carbocycles. The van der Waals surface area contributed by atoms with E-state index in [1.807, 2.05) is 24.3 Å². The van der Waals surface area contributed by atoms with Crippen LogP contribution in [0.25, 0.3) is 0 Å². The van der Waals surface area contributed by atoms with Crippen LogP contribution in [0.3, 0.4) is 0 Å². The molecule has 1 aliphatic heterocycles. The maximum atomic E-state index is 12.7. The summed E-state index contributed by atoms with van der Waals surface area (Å²) < 4.78 is 23.9. The summed E-state index contributed by atoms with van der Waals surface area (Å²) in [5, 5.41) is 3.58. The zero-order valence-corrected chi connectivity index (χ0v) is 16.8. The van der Waals surface area contributed by atoms with Crippen molar-refractivity contribution in [3.8, 4) is 0 Å². The number of carbonyl (C=O) groups is 1. The Labute approximate surface area is 165 Å². The van der Waals surface area contributed by atoms with Gasteiger partial charge in [0.1, 0.15) is 0 Å². The standard InChI is InChI=1S/C20H23ClN2O3S/c1-27(25,26)19-11-5-3-9-16(19)20(24)22-14-18(23-12-6-7-13-23)15-8-2-4-10-17(15)21/h2-5,8-11,18H,6-7,12-14H2,1H3,(H,22,24). The molecule has 1 fully saturated rings. The van der Waals surface area contributed by atoms with Gasteiger partial charge in [0.2, 0.25) is 0 Å². The first-order valence-corrected chi connectivity index (χ1v) is 11.2. The summed E-state index contributed by atoms with van der Waals surface area (Å²) in [5.41, 5.74) is 1.14. The predicted molar refractivity (Wildman–Crippen MR) is 107 cm³/mol. The Balaban J connectivity index is 1.82. The van der Waals surface area contributed by atoms with Crippen LogP contribution in [0, 0.1) is 0 Å². The lowest BCUT2D eigenvalue weighted by Gasteiger charge is -2.29. The molecule has 1 N–H and O–H groups in total. The van der Waals surface area contributed by atoms with E-state index in [-0.39, 0.29) is 16.5 Å². The Morgan fingerprint density at radius 1 is 1.11 bits per heavy atom. The van der Waals surface area contributed by atoms with Crippen LogP contribution in [0.2, 0.25) is 5.02 Å². The molecular formula is C20H23ClN2O3S. The van der Waals surface area contributed by atoms with Gasteiger partial charge in [0.05, 0.1) is 16.5 Å². The smallest absolute Gasteiger partial charge is 0.252 e. The van der Waals surface area contributed by atoms with E-state index < -0.39 is 15.7 Å². The van der Waals surface area contributed by atoms with E-state index in [2.05, 4.69) is 10.2 Å². The largest absolute Gasteiger partial charge is 0.350 e. The molecule has 5 nitrogen and oxygen atoms in total. The molecule has 27 heavy (non-hydrogen) atoms. The fourth-order valence-electron chi connectivity index (χ4n) is 3.50. The summed E-state index contributed by atoms with van der Waals surface area (Å²) in [7, 11) is -3.48. The minimum absolute atomic E-state index is 0.0398. The lowest BCUT2D eigenvalue weighted by molar-refractivity contribution is 0.0934. The molecule has 144 valence electrons. The number of nitrogens with zero attached hydrogens (tertiary/aromatic N) is 1. The third-order valence-electron chi connectivity index (χ3n) is 4.83. The highest BCUT2D eigenvalue weighted by molar-refractivity contribution is 7.90. The second kappa shape index (κ2) is 8.42. The summed E-state index contributed by atoms with van der Waals surface area (Å²) in [6.07, 6.45) is 3.34. The van der Waals surface area contributed by atoms with E-state index in [4.69, 9.17) is 11.6 Å². The van der Waals surface area contributed by atoms with Gasteiger partial charge in [-0.1, -0.05) is 41.9 Å². The van der Waals surface area contributed by atoms with Gasteiger partial charge in [0.25, 0.3) is 5.91 Å². The summed E-state index contributed by atoms with van der Waals surface area (Å²) in [6.45, 7) is 2.26. The molecule has 1 heterocycles. The van der Waals surface area contributed by atoms with Crippen molar-refractivity contribution in [1.82, 2.24) is 10.2 Å². The van der Waals surface area contributed by atoms with Crippen LogP contribution in [0.15, 0.2) is 53.4 Å². The molecule has 0 saturated carbocycles. The Morgan fingerprint density at radius 2 is 1.74 bits per heavy atom. The number of nitrogens with one attached hydrogen (secondary N) is 1.